The van der Waals surface area contributed by atoms with Crippen molar-refractivity contribution in [3.8, 4) is 0 Å². The Morgan fingerprint density at radius 1 is 1.15 bits per heavy atom. The van der Waals surface area contributed by atoms with Crippen LogP contribution in [0.5, 0.6) is 0 Å². The lowest BCUT2D eigenvalue weighted by molar-refractivity contribution is -0.171. The van der Waals surface area contributed by atoms with Gasteiger partial charge in [-0.05, 0) is 75.9 Å². The van der Waals surface area contributed by atoms with Gasteiger partial charge in [0.1, 0.15) is 3.81 Å². The van der Waals surface area contributed by atoms with Crippen molar-refractivity contribution in [1.82, 2.24) is 0 Å². The summed E-state index contributed by atoms with van der Waals surface area (Å²) in [6.07, 6.45) is 6.99. The van der Waals surface area contributed by atoms with Crippen LogP contribution in [0.2, 0.25) is 0 Å². The highest BCUT2D eigenvalue weighted by atomic mass is 79.9. The highest BCUT2D eigenvalue weighted by Gasteiger charge is 2.54. The lowest BCUT2D eigenvalue weighted by atomic mass is 9.71. The van der Waals surface area contributed by atoms with Crippen LogP contribution < -0.4 is 0 Å². The quantitative estimate of drug-likeness (QED) is 0.322. The van der Waals surface area contributed by atoms with Crippen LogP contribution in [-0.2, 0) is 28.9 Å². The van der Waals surface area contributed by atoms with E-state index in [1.807, 2.05) is 6.08 Å². The van der Waals surface area contributed by atoms with E-state index in [9.17, 15) is 18.0 Å². The van der Waals surface area contributed by atoms with E-state index in [1.165, 1.54) is 6.08 Å². The van der Waals surface area contributed by atoms with E-state index in [-0.39, 0.29) is 17.0 Å². The minimum Gasteiger partial charge on any atom is -0.465 e. The number of halogens is 1. The normalized spacial score (nSPS) is 18.9. The Kier molecular flexibility index (Phi) is 8.29. The molecule has 0 aromatic heterocycles. The lowest BCUT2D eigenvalue weighted by Gasteiger charge is -2.34. The Morgan fingerprint density at radius 3 is 2.04 bits per heavy atom. The number of allylic oxidation sites excluding steroid dienone is 2. The molecule has 0 saturated carbocycles. The predicted octanol–water partition coefficient (Wildman–Crippen LogP) is 3.90. The van der Waals surface area contributed by atoms with E-state index in [0.29, 0.717) is 6.42 Å². The number of sulfone groups is 1. The molecule has 0 heterocycles. The highest BCUT2D eigenvalue weighted by Crippen LogP contribution is 2.42. The topological polar surface area (TPSA) is 86.7 Å². The number of hydrogen-bond acceptors (Lipinski definition) is 6. The Balaban J connectivity index is 3.71. The van der Waals surface area contributed by atoms with Gasteiger partial charge in [-0.15, -0.1) is 0 Å². The molecule has 0 fully saturated rings. The zero-order valence-corrected chi connectivity index (χ0v) is 19.0. The standard InChI is InChI=1S/C19H29BrO6S/c1-6-25-16(21)19(17(22)26-7-2,14-11-9-8-10-12-14)13-15(20)27(23,24)18(3,4)5/h9,11,13-14H,6-8,10,12H2,1-5H3/b15-13+. The van der Waals surface area contributed by atoms with Gasteiger partial charge in [-0.25, -0.2) is 8.42 Å². The van der Waals surface area contributed by atoms with Gasteiger partial charge >= 0.3 is 11.9 Å². The minimum absolute atomic E-state index is 0.0634. The molecule has 1 aliphatic carbocycles. The fraction of sp³-hybridized carbons (Fsp3) is 0.684. The number of ether oxygens (including phenoxy) is 2. The van der Waals surface area contributed by atoms with Gasteiger partial charge < -0.3 is 9.47 Å². The van der Waals surface area contributed by atoms with Crippen LogP contribution in [0.25, 0.3) is 0 Å². The molecular weight excluding hydrogens is 436 g/mol. The third kappa shape index (κ3) is 5.02. The summed E-state index contributed by atoms with van der Waals surface area (Å²) in [5.41, 5.74) is -1.86. The monoisotopic (exact) mass is 464 g/mol. The fourth-order valence-corrected chi connectivity index (χ4v) is 5.60. The van der Waals surface area contributed by atoms with Crippen molar-refractivity contribution in [2.24, 2.45) is 11.3 Å². The molecule has 0 amide bonds. The Labute approximate surface area is 170 Å². The summed E-state index contributed by atoms with van der Waals surface area (Å²) in [5, 5.41) is 0. The van der Waals surface area contributed by atoms with Gasteiger partial charge in [0, 0.05) is 5.92 Å². The predicted molar refractivity (Wildman–Crippen MR) is 108 cm³/mol. The first-order chi connectivity index (χ1) is 12.4. The summed E-state index contributed by atoms with van der Waals surface area (Å²) >= 11 is 3.11. The van der Waals surface area contributed by atoms with Crippen LogP contribution in [0.15, 0.2) is 22.0 Å². The number of rotatable bonds is 7. The summed E-state index contributed by atoms with van der Waals surface area (Å²) in [5.74, 6) is -2.16. The molecule has 0 saturated heterocycles. The first-order valence-electron chi connectivity index (χ1n) is 9.09. The van der Waals surface area contributed by atoms with Crippen LogP contribution in [0.3, 0.4) is 0 Å². The Hall–Kier alpha value is -1.15. The van der Waals surface area contributed by atoms with Crippen molar-refractivity contribution >= 4 is 37.7 Å². The molecule has 1 atom stereocenters. The molecule has 0 aromatic carbocycles. The van der Waals surface area contributed by atoms with E-state index in [1.54, 1.807) is 40.7 Å². The second-order valence-electron chi connectivity index (χ2n) is 7.34. The summed E-state index contributed by atoms with van der Waals surface area (Å²) in [6.45, 7) is 8.04. The molecule has 1 rings (SSSR count). The van der Waals surface area contributed by atoms with Gasteiger partial charge in [-0.1, -0.05) is 12.2 Å². The summed E-state index contributed by atoms with van der Waals surface area (Å²) in [7, 11) is -3.81. The summed E-state index contributed by atoms with van der Waals surface area (Å²) < 4.78 is 34.7. The van der Waals surface area contributed by atoms with Gasteiger partial charge in [0.25, 0.3) is 0 Å². The van der Waals surface area contributed by atoms with Gasteiger partial charge in [-0.3, -0.25) is 9.59 Å². The highest BCUT2D eigenvalue weighted by molar-refractivity contribution is 9.13. The molecule has 1 aliphatic rings. The van der Waals surface area contributed by atoms with E-state index in [2.05, 4.69) is 15.9 Å². The molecule has 0 radical (unpaired) electrons. The number of carbonyl (C=O) groups is 2. The van der Waals surface area contributed by atoms with Gasteiger partial charge in [0.15, 0.2) is 15.3 Å². The van der Waals surface area contributed by atoms with Crippen molar-refractivity contribution < 1.29 is 27.5 Å². The fourth-order valence-electron chi connectivity index (χ4n) is 2.85. The molecule has 6 nitrogen and oxygen atoms in total. The number of esters is 2. The minimum atomic E-state index is -3.81. The molecule has 154 valence electrons. The van der Waals surface area contributed by atoms with E-state index >= 15 is 0 Å². The van der Waals surface area contributed by atoms with Crippen LogP contribution in [0, 0.1) is 11.3 Å². The average molecular weight is 465 g/mol. The third-order valence-electron chi connectivity index (χ3n) is 4.47. The SMILES string of the molecule is CCOC(=O)C(/C=C(\Br)S(=O)(=O)C(C)(C)C)(C(=O)OCC)C1C=CCCC1. The van der Waals surface area contributed by atoms with Crippen molar-refractivity contribution in [3.05, 3.63) is 22.0 Å². The van der Waals surface area contributed by atoms with Crippen LogP contribution >= 0.6 is 15.9 Å². The first kappa shape index (κ1) is 23.9. The second kappa shape index (κ2) is 9.37. The van der Waals surface area contributed by atoms with Crippen LogP contribution in [-0.4, -0.2) is 38.3 Å². The van der Waals surface area contributed by atoms with Gasteiger partial charge in [-0.2, -0.15) is 0 Å². The lowest BCUT2D eigenvalue weighted by Crippen LogP contribution is -2.47. The van der Waals surface area contributed by atoms with E-state index in [4.69, 9.17) is 9.47 Å². The largest absolute Gasteiger partial charge is 0.465 e. The first-order valence-corrected chi connectivity index (χ1v) is 11.4. The summed E-state index contributed by atoms with van der Waals surface area (Å²) in [4.78, 5) is 26.0. The maximum Gasteiger partial charge on any atom is 0.328 e. The zero-order chi connectivity index (χ0) is 20.9. The molecule has 0 aromatic rings. The van der Waals surface area contributed by atoms with Crippen molar-refractivity contribution in [2.75, 3.05) is 13.2 Å². The molecule has 8 heteroatoms. The average Bonchev–Trinajstić information content (AvgIpc) is 2.59. The molecule has 27 heavy (non-hydrogen) atoms. The molecule has 0 aliphatic heterocycles. The molecule has 0 N–H and O–H groups in total. The smallest absolute Gasteiger partial charge is 0.328 e. The van der Waals surface area contributed by atoms with Crippen molar-refractivity contribution in [1.29, 1.82) is 0 Å². The third-order valence-corrected chi connectivity index (χ3v) is 8.22. The van der Waals surface area contributed by atoms with Crippen molar-refractivity contribution in [3.63, 3.8) is 0 Å². The Morgan fingerprint density at radius 2 is 1.67 bits per heavy atom. The zero-order valence-electron chi connectivity index (χ0n) is 16.6. The van der Waals surface area contributed by atoms with Gasteiger partial charge in [0.2, 0.25) is 0 Å². The Bertz CT molecular complexity index is 697. The maximum atomic E-state index is 13.0. The second-order valence-corrected chi connectivity index (χ2v) is 11.4. The van der Waals surface area contributed by atoms with E-state index < -0.39 is 37.9 Å². The molecule has 0 bridgehead atoms. The maximum absolute atomic E-state index is 13.0. The van der Waals surface area contributed by atoms with Crippen molar-refractivity contribution in [2.45, 2.75) is 58.6 Å². The van der Waals surface area contributed by atoms with E-state index in [0.717, 1.165) is 12.8 Å². The van der Waals surface area contributed by atoms with Crippen LogP contribution in [0.4, 0.5) is 0 Å². The molecule has 0 spiro atoms. The number of hydrogen-bond donors (Lipinski definition) is 0. The molecular formula is C19H29BrO6S. The van der Waals surface area contributed by atoms with Gasteiger partial charge in [0.05, 0.1) is 18.0 Å². The number of carbonyl (C=O) groups excluding carboxylic acids is 2. The van der Waals surface area contributed by atoms with Crippen LogP contribution in [0.1, 0.15) is 53.9 Å². The molecule has 1 unspecified atom stereocenters. The summed E-state index contributed by atoms with van der Waals surface area (Å²) in [6, 6.07) is 0.